The molecule has 1 aromatic rings. The van der Waals surface area contributed by atoms with Crippen LogP contribution in [0.2, 0.25) is 0 Å². The average Bonchev–Trinajstić information content (AvgIpc) is 2.19. The number of carboxylic acids is 1. The molecule has 4 nitrogen and oxygen atoms in total. The highest BCUT2D eigenvalue weighted by molar-refractivity contribution is 5.78. The average molecular weight is 208 g/mol. The van der Waals surface area contributed by atoms with Crippen molar-refractivity contribution in [3.05, 3.63) is 29.3 Å². The number of carbonyl (C=O) groups excluding carboxylic acids is 1. The van der Waals surface area contributed by atoms with Crippen molar-refractivity contribution in [2.45, 2.75) is 19.3 Å². The number of phenolic OH excluding ortho intramolecular Hbond substituents is 1. The lowest BCUT2D eigenvalue weighted by Crippen LogP contribution is -1.98. The number of aryl methyl sites for hydroxylation is 1. The van der Waals surface area contributed by atoms with E-state index < -0.39 is 5.97 Å². The summed E-state index contributed by atoms with van der Waals surface area (Å²) in [5.74, 6) is -0.805. The van der Waals surface area contributed by atoms with Crippen LogP contribution < -0.4 is 0 Å². The number of aromatic hydroxyl groups is 1. The third kappa shape index (κ3) is 3.42. The summed E-state index contributed by atoms with van der Waals surface area (Å²) in [6.45, 7) is 0. The summed E-state index contributed by atoms with van der Waals surface area (Å²) in [7, 11) is 0. The van der Waals surface area contributed by atoms with Crippen LogP contribution in [0.4, 0.5) is 0 Å². The van der Waals surface area contributed by atoms with Crippen molar-refractivity contribution < 1.29 is 19.8 Å². The molecule has 0 aliphatic heterocycles. The Morgan fingerprint density at radius 3 is 2.73 bits per heavy atom. The zero-order chi connectivity index (χ0) is 11.3. The highest BCUT2D eigenvalue weighted by Gasteiger charge is 2.04. The van der Waals surface area contributed by atoms with Gasteiger partial charge in [-0.05, 0) is 30.5 Å². The van der Waals surface area contributed by atoms with Crippen molar-refractivity contribution >= 4 is 12.3 Å². The Hall–Kier alpha value is -1.84. The Labute approximate surface area is 87.2 Å². The molecule has 0 amide bonds. The minimum atomic E-state index is -0.846. The molecule has 0 saturated heterocycles. The van der Waals surface area contributed by atoms with E-state index in [1.54, 1.807) is 6.07 Å². The van der Waals surface area contributed by atoms with Crippen LogP contribution in [0.5, 0.6) is 5.75 Å². The number of phenols is 1. The van der Waals surface area contributed by atoms with Crippen molar-refractivity contribution in [1.29, 1.82) is 0 Å². The van der Waals surface area contributed by atoms with Crippen LogP contribution >= 0.6 is 0 Å². The number of rotatable bonds is 5. The molecule has 0 aromatic heterocycles. The lowest BCUT2D eigenvalue weighted by atomic mass is 10.0. The number of hydrogen-bond donors (Lipinski definition) is 2. The normalized spacial score (nSPS) is 9.87. The molecule has 1 aromatic carbocycles. The maximum Gasteiger partial charge on any atom is 0.303 e. The Morgan fingerprint density at radius 2 is 2.13 bits per heavy atom. The summed E-state index contributed by atoms with van der Waals surface area (Å²) < 4.78 is 0. The fourth-order valence-corrected chi connectivity index (χ4v) is 1.35. The van der Waals surface area contributed by atoms with Gasteiger partial charge in [-0.2, -0.15) is 0 Å². The second kappa shape index (κ2) is 5.14. The Bertz CT molecular complexity index is 371. The molecule has 2 N–H and O–H groups in total. The van der Waals surface area contributed by atoms with E-state index in [1.807, 2.05) is 0 Å². The van der Waals surface area contributed by atoms with Crippen LogP contribution in [0.1, 0.15) is 28.8 Å². The SMILES string of the molecule is O=Cc1cc(O)ccc1CCCC(=O)O. The maximum atomic E-state index is 10.6. The molecule has 0 bridgehead atoms. The predicted molar refractivity (Wildman–Crippen MR) is 54.1 cm³/mol. The van der Waals surface area contributed by atoms with Gasteiger partial charge in [0.1, 0.15) is 12.0 Å². The van der Waals surface area contributed by atoms with E-state index in [0.717, 1.165) is 5.56 Å². The minimum Gasteiger partial charge on any atom is -0.508 e. The van der Waals surface area contributed by atoms with Gasteiger partial charge in [0, 0.05) is 12.0 Å². The molecular formula is C11H12O4. The third-order valence-electron chi connectivity index (χ3n) is 2.09. The number of benzene rings is 1. The zero-order valence-electron chi connectivity index (χ0n) is 8.14. The first-order chi connectivity index (χ1) is 7.13. The predicted octanol–water partition coefficient (Wildman–Crippen LogP) is 1.61. The molecule has 0 aliphatic carbocycles. The molecule has 80 valence electrons. The van der Waals surface area contributed by atoms with E-state index in [4.69, 9.17) is 10.2 Å². The quantitative estimate of drug-likeness (QED) is 0.721. The first kappa shape index (κ1) is 11.2. The Kier molecular flexibility index (Phi) is 3.85. The largest absolute Gasteiger partial charge is 0.508 e. The number of carboxylic acid groups (broad SMARTS) is 1. The van der Waals surface area contributed by atoms with Gasteiger partial charge in [-0.3, -0.25) is 9.59 Å². The Morgan fingerprint density at radius 1 is 1.40 bits per heavy atom. The van der Waals surface area contributed by atoms with Crippen LogP contribution in [0, 0.1) is 0 Å². The fourth-order valence-electron chi connectivity index (χ4n) is 1.35. The topological polar surface area (TPSA) is 74.6 Å². The molecule has 0 fully saturated rings. The van der Waals surface area contributed by atoms with Crippen LogP contribution in [-0.2, 0) is 11.2 Å². The highest BCUT2D eigenvalue weighted by atomic mass is 16.4. The molecule has 0 saturated carbocycles. The maximum absolute atomic E-state index is 10.6. The fraction of sp³-hybridized carbons (Fsp3) is 0.273. The van der Waals surface area contributed by atoms with Crippen molar-refractivity contribution in [3.63, 3.8) is 0 Å². The van der Waals surface area contributed by atoms with Crippen LogP contribution in [0.15, 0.2) is 18.2 Å². The lowest BCUT2D eigenvalue weighted by molar-refractivity contribution is -0.137. The van der Waals surface area contributed by atoms with E-state index in [-0.39, 0.29) is 12.2 Å². The van der Waals surface area contributed by atoms with Gasteiger partial charge in [0.25, 0.3) is 0 Å². The van der Waals surface area contributed by atoms with Crippen molar-refractivity contribution in [2.75, 3.05) is 0 Å². The van der Waals surface area contributed by atoms with Crippen molar-refractivity contribution in [2.24, 2.45) is 0 Å². The number of aliphatic carboxylic acids is 1. The number of hydrogen-bond acceptors (Lipinski definition) is 3. The van der Waals surface area contributed by atoms with E-state index in [2.05, 4.69) is 0 Å². The smallest absolute Gasteiger partial charge is 0.303 e. The lowest BCUT2D eigenvalue weighted by Gasteiger charge is -2.03. The van der Waals surface area contributed by atoms with Gasteiger partial charge in [-0.25, -0.2) is 0 Å². The Balaban J connectivity index is 2.67. The number of carbonyl (C=O) groups is 2. The first-order valence-electron chi connectivity index (χ1n) is 4.62. The standard InChI is InChI=1S/C11H12O4/c12-7-9-6-10(13)5-4-8(9)2-1-3-11(14)15/h4-7,13H,1-3H2,(H,14,15). The molecule has 0 heterocycles. The van der Waals surface area contributed by atoms with Crippen LogP contribution in [0.3, 0.4) is 0 Å². The van der Waals surface area contributed by atoms with Crippen molar-refractivity contribution in [1.82, 2.24) is 0 Å². The summed E-state index contributed by atoms with van der Waals surface area (Å²) in [5, 5.41) is 17.6. The van der Waals surface area contributed by atoms with E-state index in [1.165, 1.54) is 12.1 Å². The summed E-state index contributed by atoms with van der Waals surface area (Å²) in [4.78, 5) is 20.9. The molecule has 1 rings (SSSR count). The second-order valence-corrected chi connectivity index (χ2v) is 3.25. The van der Waals surface area contributed by atoms with Crippen molar-refractivity contribution in [3.8, 4) is 5.75 Å². The molecule has 15 heavy (non-hydrogen) atoms. The second-order valence-electron chi connectivity index (χ2n) is 3.25. The van der Waals surface area contributed by atoms with Gasteiger partial charge < -0.3 is 10.2 Å². The molecule has 0 unspecified atom stereocenters. The monoisotopic (exact) mass is 208 g/mol. The molecule has 0 spiro atoms. The summed E-state index contributed by atoms with van der Waals surface area (Å²) in [5.41, 5.74) is 1.18. The van der Waals surface area contributed by atoms with Gasteiger partial charge in [0.2, 0.25) is 0 Å². The minimum absolute atomic E-state index is 0.0408. The summed E-state index contributed by atoms with van der Waals surface area (Å²) >= 11 is 0. The van der Waals surface area contributed by atoms with Gasteiger partial charge in [-0.1, -0.05) is 6.07 Å². The third-order valence-corrected chi connectivity index (χ3v) is 2.09. The van der Waals surface area contributed by atoms with Gasteiger partial charge >= 0.3 is 5.97 Å². The summed E-state index contributed by atoms with van der Waals surface area (Å²) in [6.07, 6.45) is 1.76. The molecule has 4 heteroatoms. The summed E-state index contributed by atoms with van der Waals surface area (Å²) in [6, 6.07) is 4.51. The van der Waals surface area contributed by atoms with Gasteiger partial charge in [0.05, 0.1) is 0 Å². The van der Waals surface area contributed by atoms with E-state index in [0.29, 0.717) is 24.7 Å². The van der Waals surface area contributed by atoms with E-state index in [9.17, 15) is 9.59 Å². The zero-order valence-corrected chi connectivity index (χ0v) is 8.14. The van der Waals surface area contributed by atoms with E-state index >= 15 is 0 Å². The van der Waals surface area contributed by atoms with Gasteiger partial charge in [-0.15, -0.1) is 0 Å². The molecule has 0 radical (unpaired) electrons. The molecule has 0 atom stereocenters. The molecular weight excluding hydrogens is 196 g/mol. The van der Waals surface area contributed by atoms with Gasteiger partial charge in [0.15, 0.2) is 0 Å². The van der Waals surface area contributed by atoms with Crippen LogP contribution in [-0.4, -0.2) is 22.5 Å². The molecule has 0 aliphatic rings. The number of aldehydes is 1. The first-order valence-corrected chi connectivity index (χ1v) is 4.62. The highest BCUT2D eigenvalue weighted by Crippen LogP contribution is 2.16. The van der Waals surface area contributed by atoms with Crippen LogP contribution in [0.25, 0.3) is 0 Å².